The van der Waals surface area contributed by atoms with Gasteiger partial charge in [0.25, 0.3) is 5.56 Å². The van der Waals surface area contributed by atoms with E-state index in [1.165, 1.54) is 16.3 Å². The summed E-state index contributed by atoms with van der Waals surface area (Å²) >= 11 is 7.65. The highest BCUT2D eigenvalue weighted by atomic mass is 35.5. The molecule has 31 heavy (non-hydrogen) atoms. The lowest BCUT2D eigenvalue weighted by Gasteiger charge is -2.22. The van der Waals surface area contributed by atoms with Crippen molar-refractivity contribution in [3.63, 3.8) is 0 Å². The average Bonchev–Trinajstić information content (AvgIpc) is 2.80. The zero-order chi connectivity index (χ0) is 22.0. The third kappa shape index (κ3) is 4.22. The zero-order valence-corrected chi connectivity index (χ0v) is 18.6. The van der Waals surface area contributed by atoms with Crippen LogP contribution in [0.15, 0.2) is 88.8 Å². The molecule has 0 aliphatic rings. The summed E-state index contributed by atoms with van der Waals surface area (Å²) in [5.41, 5.74) is 1.69. The first-order valence-corrected chi connectivity index (χ1v) is 11.0. The number of nitrogens with zero attached hydrogens (tertiary/aromatic N) is 3. The van der Waals surface area contributed by atoms with Gasteiger partial charge < -0.3 is 4.90 Å². The standard InChI is InChI=1S/C24H20ClN3O2S/c1-16(22(29)27(2)17-10-4-3-5-11-17)31-24-26-20-14-8-6-12-18(20)23(30)28(24)21-15-9-7-13-19(21)25/h3-16H,1-2H3. The summed E-state index contributed by atoms with van der Waals surface area (Å²) in [6, 6.07) is 23.7. The van der Waals surface area contributed by atoms with Crippen LogP contribution in [0.4, 0.5) is 5.69 Å². The van der Waals surface area contributed by atoms with Crippen LogP contribution in [0, 0.1) is 0 Å². The number of para-hydroxylation sites is 3. The fourth-order valence-electron chi connectivity index (χ4n) is 3.30. The Morgan fingerprint density at radius 3 is 2.39 bits per heavy atom. The lowest BCUT2D eigenvalue weighted by atomic mass is 10.2. The van der Waals surface area contributed by atoms with Crippen LogP contribution >= 0.6 is 23.4 Å². The summed E-state index contributed by atoms with van der Waals surface area (Å²) in [5.74, 6) is -0.0932. The fourth-order valence-corrected chi connectivity index (χ4v) is 4.53. The smallest absolute Gasteiger partial charge is 0.266 e. The summed E-state index contributed by atoms with van der Waals surface area (Å²) < 4.78 is 1.49. The number of thioether (sulfide) groups is 1. The van der Waals surface area contributed by atoms with Crippen LogP contribution in [0.1, 0.15) is 6.92 Å². The highest BCUT2D eigenvalue weighted by Crippen LogP contribution is 2.29. The van der Waals surface area contributed by atoms with E-state index in [4.69, 9.17) is 16.6 Å². The van der Waals surface area contributed by atoms with E-state index in [1.807, 2.05) is 49.4 Å². The van der Waals surface area contributed by atoms with Crippen molar-refractivity contribution in [1.82, 2.24) is 9.55 Å². The second-order valence-electron chi connectivity index (χ2n) is 7.00. The van der Waals surface area contributed by atoms with Gasteiger partial charge in [0.15, 0.2) is 5.16 Å². The van der Waals surface area contributed by atoms with E-state index in [0.29, 0.717) is 26.8 Å². The highest BCUT2D eigenvalue weighted by molar-refractivity contribution is 8.00. The molecule has 7 heteroatoms. The predicted molar refractivity (Wildman–Crippen MR) is 128 cm³/mol. The minimum Gasteiger partial charge on any atom is -0.315 e. The largest absolute Gasteiger partial charge is 0.315 e. The molecule has 0 saturated heterocycles. The third-order valence-electron chi connectivity index (χ3n) is 4.94. The fraction of sp³-hybridized carbons (Fsp3) is 0.125. The molecule has 1 atom stereocenters. The number of halogens is 1. The van der Waals surface area contributed by atoms with Crippen LogP contribution in [0.3, 0.4) is 0 Å². The molecule has 0 radical (unpaired) electrons. The molecule has 3 aromatic carbocycles. The Bertz CT molecular complexity index is 1310. The number of benzene rings is 3. The molecule has 1 unspecified atom stereocenters. The van der Waals surface area contributed by atoms with Gasteiger partial charge in [-0.15, -0.1) is 0 Å². The summed E-state index contributed by atoms with van der Waals surface area (Å²) in [6.45, 7) is 1.81. The number of rotatable bonds is 5. The van der Waals surface area contributed by atoms with Gasteiger partial charge in [0.2, 0.25) is 5.91 Å². The van der Waals surface area contributed by atoms with Crippen molar-refractivity contribution in [2.45, 2.75) is 17.3 Å². The van der Waals surface area contributed by atoms with Crippen LogP contribution in [-0.2, 0) is 4.79 Å². The van der Waals surface area contributed by atoms with Gasteiger partial charge >= 0.3 is 0 Å². The molecule has 4 rings (SSSR count). The zero-order valence-electron chi connectivity index (χ0n) is 17.0. The quantitative estimate of drug-likeness (QED) is 0.311. The molecule has 0 N–H and O–H groups in total. The molecule has 156 valence electrons. The van der Waals surface area contributed by atoms with Crippen molar-refractivity contribution in [1.29, 1.82) is 0 Å². The van der Waals surface area contributed by atoms with E-state index in [0.717, 1.165) is 5.69 Å². The molecule has 1 aromatic heterocycles. The molecule has 0 saturated carbocycles. The number of aromatic nitrogens is 2. The van der Waals surface area contributed by atoms with Crippen molar-refractivity contribution in [3.05, 3.63) is 94.2 Å². The number of hydrogen-bond acceptors (Lipinski definition) is 4. The monoisotopic (exact) mass is 449 g/mol. The van der Waals surface area contributed by atoms with Gasteiger partial charge in [-0.05, 0) is 43.3 Å². The molecule has 1 amide bonds. The molecule has 0 bridgehead atoms. The lowest BCUT2D eigenvalue weighted by molar-refractivity contribution is -0.117. The number of carbonyl (C=O) groups is 1. The van der Waals surface area contributed by atoms with Crippen molar-refractivity contribution in [3.8, 4) is 5.69 Å². The van der Waals surface area contributed by atoms with Crippen molar-refractivity contribution < 1.29 is 4.79 Å². The topological polar surface area (TPSA) is 55.2 Å². The minimum absolute atomic E-state index is 0.0932. The Labute approximate surface area is 189 Å². The van der Waals surface area contributed by atoms with Gasteiger partial charge in [-0.1, -0.05) is 65.8 Å². The number of hydrogen-bond donors (Lipinski definition) is 0. The number of fused-ring (bicyclic) bond motifs is 1. The van der Waals surface area contributed by atoms with Gasteiger partial charge in [-0.2, -0.15) is 0 Å². The molecule has 5 nitrogen and oxygen atoms in total. The Hall–Kier alpha value is -3.09. The van der Waals surface area contributed by atoms with Crippen LogP contribution in [-0.4, -0.2) is 27.8 Å². The van der Waals surface area contributed by atoms with Gasteiger partial charge in [0.1, 0.15) is 0 Å². The van der Waals surface area contributed by atoms with Crippen LogP contribution in [0.2, 0.25) is 5.02 Å². The van der Waals surface area contributed by atoms with Crippen molar-refractivity contribution in [2.24, 2.45) is 0 Å². The SMILES string of the molecule is CC(Sc1nc2ccccc2c(=O)n1-c1ccccc1Cl)C(=O)N(C)c1ccccc1. The Morgan fingerprint density at radius 1 is 1.00 bits per heavy atom. The summed E-state index contributed by atoms with van der Waals surface area (Å²) in [7, 11) is 1.74. The van der Waals surface area contributed by atoms with Crippen LogP contribution in [0.25, 0.3) is 16.6 Å². The van der Waals surface area contributed by atoms with E-state index in [-0.39, 0.29) is 11.5 Å². The van der Waals surface area contributed by atoms with Gasteiger partial charge in [-0.25, -0.2) is 4.98 Å². The number of carbonyl (C=O) groups excluding carboxylic acids is 1. The average molecular weight is 450 g/mol. The maximum Gasteiger partial charge on any atom is 0.266 e. The normalized spacial score (nSPS) is 12.0. The first-order valence-electron chi connectivity index (χ1n) is 9.73. The van der Waals surface area contributed by atoms with E-state index in [1.54, 1.807) is 48.3 Å². The molecule has 0 spiro atoms. The summed E-state index contributed by atoms with van der Waals surface area (Å²) in [4.78, 5) is 32.8. The molecule has 0 aliphatic carbocycles. The number of anilines is 1. The van der Waals surface area contributed by atoms with E-state index < -0.39 is 5.25 Å². The Morgan fingerprint density at radius 2 is 1.65 bits per heavy atom. The molecule has 4 aromatic rings. The predicted octanol–water partition coefficient (Wildman–Crippen LogP) is 5.18. The van der Waals surface area contributed by atoms with E-state index in [9.17, 15) is 9.59 Å². The maximum atomic E-state index is 13.4. The Kier molecular flexibility index (Phi) is 6.11. The van der Waals surface area contributed by atoms with Crippen LogP contribution in [0.5, 0.6) is 0 Å². The molecular formula is C24H20ClN3O2S. The Balaban J connectivity index is 1.78. The molecular weight excluding hydrogens is 430 g/mol. The van der Waals surface area contributed by atoms with Gasteiger partial charge in [-0.3, -0.25) is 14.2 Å². The van der Waals surface area contributed by atoms with Gasteiger partial charge in [0, 0.05) is 12.7 Å². The minimum atomic E-state index is -0.480. The van der Waals surface area contributed by atoms with E-state index in [2.05, 4.69) is 0 Å². The molecule has 0 aliphatic heterocycles. The first kappa shape index (κ1) is 21.2. The first-order chi connectivity index (χ1) is 15.0. The summed E-state index contributed by atoms with van der Waals surface area (Å²) in [6.07, 6.45) is 0. The molecule has 1 heterocycles. The maximum absolute atomic E-state index is 13.4. The third-order valence-corrected chi connectivity index (χ3v) is 6.30. The van der Waals surface area contributed by atoms with Crippen molar-refractivity contribution >= 4 is 45.9 Å². The van der Waals surface area contributed by atoms with Crippen molar-refractivity contribution in [2.75, 3.05) is 11.9 Å². The number of amides is 1. The summed E-state index contributed by atoms with van der Waals surface area (Å²) in [5, 5.41) is 0.863. The molecule has 0 fully saturated rings. The van der Waals surface area contributed by atoms with E-state index >= 15 is 0 Å². The lowest BCUT2D eigenvalue weighted by Crippen LogP contribution is -2.33. The second-order valence-corrected chi connectivity index (χ2v) is 8.71. The highest BCUT2D eigenvalue weighted by Gasteiger charge is 2.24. The second kappa shape index (κ2) is 8.96. The van der Waals surface area contributed by atoms with Gasteiger partial charge in [0.05, 0.1) is 26.9 Å². The van der Waals surface area contributed by atoms with Crippen LogP contribution < -0.4 is 10.5 Å².